The number of halogens is 1. The maximum atomic E-state index is 10.3. The topological polar surface area (TPSA) is 46.1 Å². The zero-order valence-electron chi connectivity index (χ0n) is 8.44. The molecule has 0 aromatic heterocycles. The van der Waals surface area contributed by atoms with Gasteiger partial charge in [-0.15, -0.1) is 24.8 Å². The molecule has 1 rings (SSSR count). The minimum absolute atomic E-state index is 0. The summed E-state index contributed by atoms with van der Waals surface area (Å²) in [6.07, 6.45) is 1.86. The van der Waals surface area contributed by atoms with Crippen molar-refractivity contribution < 1.29 is 10.2 Å². The van der Waals surface area contributed by atoms with Gasteiger partial charge < -0.3 is 10.2 Å². The van der Waals surface area contributed by atoms with Gasteiger partial charge in [-0.25, -0.2) is 0 Å². The molecule has 14 heavy (non-hydrogen) atoms. The first-order valence-corrected chi connectivity index (χ1v) is 4.11. The van der Waals surface area contributed by atoms with Gasteiger partial charge in [-0.2, -0.15) is 0 Å². The van der Waals surface area contributed by atoms with Gasteiger partial charge in [0.15, 0.2) is 0 Å². The smallest absolute Gasteiger partial charge is 0.872 e. The van der Waals surface area contributed by atoms with Crippen LogP contribution < -0.4 is 10.2 Å². The van der Waals surface area contributed by atoms with E-state index in [-0.39, 0.29) is 47.8 Å². The Balaban J connectivity index is -0.000000159. The van der Waals surface area contributed by atoms with Crippen molar-refractivity contribution in [2.75, 3.05) is 6.61 Å². The third-order valence-electron chi connectivity index (χ3n) is 1.24. The van der Waals surface area contributed by atoms with E-state index in [4.69, 9.17) is 0 Å². The third-order valence-corrected chi connectivity index (χ3v) is 1.24. The molecule has 0 spiro atoms. The van der Waals surface area contributed by atoms with Crippen LogP contribution >= 0.6 is 12.4 Å². The second-order valence-corrected chi connectivity index (χ2v) is 2.37. The maximum absolute atomic E-state index is 10.3. The second-order valence-electron chi connectivity index (χ2n) is 2.37. The molecule has 76 valence electrons. The molecule has 0 N–H and O–H groups in total. The third kappa shape index (κ3) is 14.6. The molecule has 0 fully saturated rings. The van der Waals surface area contributed by atoms with Crippen LogP contribution in [-0.2, 0) is 0 Å². The van der Waals surface area contributed by atoms with Crippen LogP contribution in [0.25, 0.3) is 0 Å². The Morgan fingerprint density at radius 1 is 1.14 bits per heavy atom. The fraction of sp³-hybridized carbons (Fsp3) is 0.400. The van der Waals surface area contributed by atoms with Gasteiger partial charge in [0.05, 0.1) is 0 Å². The molecule has 0 unspecified atom stereocenters. The molecule has 0 radical (unpaired) electrons. The summed E-state index contributed by atoms with van der Waals surface area (Å²) in [5, 5.41) is 19.8. The van der Waals surface area contributed by atoms with Gasteiger partial charge in [-0.1, -0.05) is 50.1 Å². The summed E-state index contributed by atoms with van der Waals surface area (Å²) in [7, 11) is 0. The van der Waals surface area contributed by atoms with Crippen molar-refractivity contribution >= 4 is 35.5 Å². The fourth-order valence-electron chi connectivity index (χ4n) is 0.565. The Bertz CT molecular complexity index is 181. The summed E-state index contributed by atoms with van der Waals surface area (Å²) < 4.78 is 0. The van der Waals surface area contributed by atoms with E-state index in [0.29, 0.717) is 0 Å². The van der Waals surface area contributed by atoms with Crippen molar-refractivity contribution in [1.82, 2.24) is 0 Å². The molecule has 0 aliphatic carbocycles. The number of para-hydroxylation sites is 1. The van der Waals surface area contributed by atoms with Crippen LogP contribution in [-0.4, -0.2) is 29.7 Å². The van der Waals surface area contributed by atoms with Crippen molar-refractivity contribution in [3.05, 3.63) is 30.3 Å². The van der Waals surface area contributed by atoms with Crippen LogP contribution in [0.15, 0.2) is 30.3 Å². The van der Waals surface area contributed by atoms with Crippen LogP contribution in [0.1, 0.15) is 19.8 Å². The van der Waals surface area contributed by atoms with Crippen molar-refractivity contribution in [3.8, 4) is 5.75 Å². The van der Waals surface area contributed by atoms with Gasteiger partial charge in [0.2, 0.25) is 0 Å². The summed E-state index contributed by atoms with van der Waals surface area (Å²) in [5.41, 5.74) is 0. The molecule has 0 saturated carbocycles. The molecule has 0 amide bonds. The largest absolute Gasteiger partial charge is 2.00 e. The van der Waals surface area contributed by atoms with E-state index in [2.05, 4.69) is 0 Å². The van der Waals surface area contributed by atoms with Gasteiger partial charge >= 0.3 is 23.1 Å². The van der Waals surface area contributed by atoms with Crippen LogP contribution in [0.5, 0.6) is 5.75 Å². The van der Waals surface area contributed by atoms with E-state index >= 15 is 0 Å². The predicted molar refractivity (Wildman–Crippen MR) is 58.7 cm³/mol. The molecule has 1 aromatic carbocycles. The van der Waals surface area contributed by atoms with Crippen molar-refractivity contribution in [1.29, 1.82) is 0 Å². The zero-order chi connectivity index (χ0) is 9.23. The first kappa shape index (κ1) is 19.6. The summed E-state index contributed by atoms with van der Waals surface area (Å²) in [6, 6.07) is 8.33. The molecule has 2 nitrogen and oxygen atoms in total. The van der Waals surface area contributed by atoms with Crippen molar-refractivity contribution in [2.24, 2.45) is 0 Å². The van der Waals surface area contributed by atoms with E-state index < -0.39 is 0 Å². The summed E-state index contributed by atoms with van der Waals surface area (Å²) in [6.45, 7) is 2.11. The average molecular weight is 227 g/mol. The molecule has 0 atom stereocenters. The number of unbranched alkanes of at least 4 members (excludes halogenated alkanes) is 1. The number of benzene rings is 1. The summed E-state index contributed by atoms with van der Waals surface area (Å²) in [5.74, 6) is 0.0718. The standard InChI is InChI=1S/C6H6O.C4H9O.ClH.Mg/c7-6-4-2-1-3-5-6;1-2-3-4-5;;/h1-5,7H;2-4H2,1H3;1H;/q;-1;;+2/p-1. The van der Waals surface area contributed by atoms with Gasteiger partial charge in [0.1, 0.15) is 0 Å². The Kier molecular flexibility index (Phi) is 21.7. The quantitative estimate of drug-likeness (QED) is 0.706. The zero-order valence-corrected chi connectivity index (χ0v) is 10.7. The van der Waals surface area contributed by atoms with Gasteiger partial charge in [0, 0.05) is 0 Å². The summed E-state index contributed by atoms with van der Waals surface area (Å²) in [4.78, 5) is 0. The molecule has 1 aromatic rings. The normalized spacial score (nSPS) is 7.29. The Hall–Kier alpha value is 0.0362. The molecule has 0 aliphatic rings. The average Bonchev–Trinajstić information content (AvgIpc) is 2.08. The molecule has 0 bridgehead atoms. The van der Waals surface area contributed by atoms with E-state index in [1.54, 1.807) is 12.1 Å². The molecule has 4 heteroatoms. The van der Waals surface area contributed by atoms with Crippen LogP contribution in [0.3, 0.4) is 0 Å². The molecule has 0 aliphatic heterocycles. The minimum atomic E-state index is 0. The molecule has 0 saturated heterocycles. The second kappa shape index (κ2) is 15.5. The van der Waals surface area contributed by atoms with Crippen LogP contribution in [0.2, 0.25) is 0 Å². The van der Waals surface area contributed by atoms with E-state index in [1.165, 1.54) is 12.1 Å². The van der Waals surface area contributed by atoms with Crippen molar-refractivity contribution in [2.45, 2.75) is 19.8 Å². The predicted octanol–water partition coefficient (Wildman–Crippen LogP) is 0.948. The van der Waals surface area contributed by atoms with Gasteiger partial charge in [-0.3, -0.25) is 0 Å². The van der Waals surface area contributed by atoms with Gasteiger partial charge in [0.25, 0.3) is 0 Å². The number of hydrogen-bond donors (Lipinski definition) is 0. The number of rotatable bonds is 2. The monoisotopic (exact) mass is 226 g/mol. The molecular formula is C10H15ClMgO2. The molecule has 0 heterocycles. The van der Waals surface area contributed by atoms with Crippen LogP contribution in [0, 0.1) is 0 Å². The number of hydrogen-bond acceptors (Lipinski definition) is 2. The van der Waals surface area contributed by atoms with E-state index in [9.17, 15) is 10.2 Å². The first-order valence-electron chi connectivity index (χ1n) is 4.11. The fourth-order valence-corrected chi connectivity index (χ4v) is 0.565. The minimum Gasteiger partial charge on any atom is -0.872 e. The molecular weight excluding hydrogens is 212 g/mol. The first-order chi connectivity index (χ1) is 5.81. The Morgan fingerprint density at radius 3 is 1.79 bits per heavy atom. The van der Waals surface area contributed by atoms with Crippen molar-refractivity contribution in [3.63, 3.8) is 0 Å². The van der Waals surface area contributed by atoms with E-state index in [1.807, 2.05) is 13.0 Å². The van der Waals surface area contributed by atoms with E-state index in [0.717, 1.165) is 12.8 Å². The van der Waals surface area contributed by atoms with Gasteiger partial charge in [-0.05, 0) is 0 Å². The Morgan fingerprint density at radius 2 is 1.64 bits per heavy atom. The Labute approximate surface area is 108 Å². The van der Waals surface area contributed by atoms with Crippen LogP contribution in [0.4, 0.5) is 0 Å². The maximum Gasteiger partial charge on any atom is 2.00 e. The summed E-state index contributed by atoms with van der Waals surface area (Å²) >= 11 is 0. The SMILES string of the molecule is CCCC[O-].Cl.[Mg+2].[O-]c1ccccc1.